The van der Waals surface area contributed by atoms with E-state index in [4.69, 9.17) is 4.42 Å². The van der Waals surface area contributed by atoms with E-state index in [1.54, 1.807) is 31.2 Å². The van der Waals surface area contributed by atoms with Crippen molar-refractivity contribution < 1.29 is 22.4 Å². The second-order valence-electron chi connectivity index (χ2n) is 6.89. The molecule has 3 N–H and O–H groups in total. The Labute approximate surface area is 199 Å². The summed E-state index contributed by atoms with van der Waals surface area (Å²) in [4.78, 5) is 24.1. The fourth-order valence-corrected chi connectivity index (χ4v) is 3.97. The summed E-state index contributed by atoms with van der Waals surface area (Å²) >= 11 is 3.26. The van der Waals surface area contributed by atoms with E-state index in [9.17, 15) is 18.0 Å². The van der Waals surface area contributed by atoms with Crippen LogP contribution in [0, 0.1) is 0 Å². The third-order valence-electron chi connectivity index (χ3n) is 4.45. The normalized spacial score (nSPS) is 12.4. The van der Waals surface area contributed by atoms with Gasteiger partial charge in [0, 0.05) is 4.47 Å². The number of carbonyl (C=O) groups is 2. The standard InChI is InChI=1S/C22H21BrN4O5S/c1-15(16-5-3-2-4-6-16)26-21(28)22(29)27-24-13-18-9-10-19(32-18)14-25-33(30,31)20-11-7-17(23)8-12-20/h2-13,15,25H,14H2,1H3,(H,26,28)(H,27,29)/b24-13+/t15-/m0/s1. The van der Waals surface area contributed by atoms with Gasteiger partial charge < -0.3 is 9.73 Å². The molecule has 2 aromatic carbocycles. The Morgan fingerprint density at radius 2 is 1.73 bits per heavy atom. The molecule has 0 radical (unpaired) electrons. The highest BCUT2D eigenvalue weighted by atomic mass is 79.9. The molecule has 0 aliphatic carbocycles. The largest absolute Gasteiger partial charge is 0.459 e. The summed E-state index contributed by atoms with van der Waals surface area (Å²) in [6.07, 6.45) is 1.21. The molecule has 0 aliphatic heterocycles. The van der Waals surface area contributed by atoms with Crippen molar-refractivity contribution in [2.24, 2.45) is 5.10 Å². The van der Waals surface area contributed by atoms with Crippen LogP contribution in [-0.2, 0) is 26.2 Å². The van der Waals surface area contributed by atoms with Crippen molar-refractivity contribution in [1.29, 1.82) is 0 Å². The van der Waals surface area contributed by atoms with Crippen molar-refractivity contribution >= 4 is 44.0 Å². The number of rotatable bonds is 8. The lowest BCUT2D eigenvalue weighted by Crippen LogP contribution is -2.39. The van der Waals surface area contributed by atoms with Crippen LogP contribution < -0.4 is 15.5 Å². The number of hydrogen-bond donors (Lipinski definition) is 3. The molecule has 33 heavy (non-hydrogen) atoms. The molecule has 0 aliphatic rings. The maximum Gasteiger partial charge on any atom is 0.329 e. The van der Waals surface area contributed by atoms with Gasteiger partial charge in [-0.2, -0.15) is 5.10 Å². The molecule has 3 aromatic rings. The Morgan fingerprint density at radius 3 is 2.42 bits per heavy atom. The molecule has 1 atom stereocenters. The molecule has 9 nitrogen and oxygen atoms in total. The zero-order valence-electron chi connectivity index (χ0n) is 17.5. The highest BCUT2D eigenvalue weighted by Crippen LogP contribution is 2.15. The predicted octanol–water partition coefficient (Wildman–Crippen LogP) is 2.85. The molecular formula is C22H21BrN4O5S. The molecule has 0 spiro atoms. The minimum Gasteiger partial charge on any atom is -0.459 e. The summed E-state index contributed by atoms with van der Waals surface area (Å²) in [5, 5.41) is 6.28. The van der Waals surface area contributed by atoms with Crippen molar-refractivity contribution in [1.82, 2.24) is 15.5 Å². The number of hydrogen-bond acceptors (Lipinski definition) is 6. The van der Waals surface area contributed by atoms with E-state index < -0.39 is 21.8 Å². The first-order chi connectivity index (χ1) is 15.7. The summed E-state index contributed by atoms with van der Waals surface area (Å²) in [6.45, 7) is 1.69. The van der Waals surface area contributed by atoms with E-state index in [1.807, 2.05) is 30.3 Å². The van der Waals surface area contributed by atoms with E-state index in [1.165, 1.54) is 18.3 Å². The molecule has 0 saturated carbocycles. The number of furan rings is 1. The highest BCUT2D eigenvalue weighted by Gasteiger charge is 2.17. The molecule has 0 unspecified atom stereocenters. The van der Waals surface area contributed by atoms with Crippen LogP contribution >= 0.6 is 15.9 Å². The second kappa shape index (κ2) is 11.0. The van der Waals surface area contributed by atoms with Crippen molar-refractivity contribution in [2.75, 3.05) is 0 Å². The van der Waals surface area contributed by atoms with Gasteiger partial charge in [0.2, 0.25) is 10.0 Å². The van der Waals surface area contributed by atoms with E-state index >= 15 is 0 Å². The zero-order chi connectivity index (χ0) is 23.8. The lowest BCUT2D eigenvalue weighted by molar-refractivity contribution is -0.139. The minimum absolute atomic E-state index is 0.0711. The van der Waals surface area contributed by atoms with Gasteiger partial charge in [-0.15, -0.1) is 0 Å². The lowest BCUT2D eigenvalue weighted by atomic mass is 10.1. The number of carbonyl (C=O) groups excluding carboxylic acids is 2. The number of benzene rings is 2. The van der Waals surface area contributed by atoms with Gasteiger partial charge in [-0.05, 0) is 48.9 Å². The van der Waals surface area contributed by atoms with Gasteiger partial charge in [-0.3, -0.25) is 9.59 Å². The van der Waals surface area contributed by atoms with Gasteiger partial charge in [0.15, 0.2) is 0 Å². The first-order valence-electron chi connectivity index (χ1n) is 9.77. The SMILES string of the molecule is C[C@H](NC(=O)C(=O)N/N=C/c1ccc(CNS(=O)(=O)c2ccc(Br)cc2)o1)c1ccccc1. The Bertz CT molecular complexity index is 1240. The first kappa shape index (κ1) is 24.4. The number of nitrogens with zero attached hydrogens (tertiary/aromatic N) is 1. The molecule has 2 amide bonds. The summed E-state index contributed by atoms with van der Waals surface area (Å²) in [5.74, 6) is -1.14. The van der Waals surface area contributed by atoms with Crippen LogP contribution in [0.3, 0.4) is 0 Å². The fourth-order valence-electron chi connectivity index (χ4n) is 2.71. The van der Waals surface area contributed by atoms with Gasteiger partial charge in [0.1, 0.15) is 11.5 Å². The van der Waals surface area contributed by atoms with Gasteiger partial charge in [0.25, 0.3) is 0 Å². The van der Waals surface area contributed by atoms with E-state index in [0.29, 0.717) is 5.76 Å². The van der Waals surface area contributed by atoms with Gasteiger partial charge in [0.05, 0.1) is 23.7 Å². The minimum atomic E-state index is -3.70. The van der Waals surface area contributed by atoms with Crippen LogP contribution in [0.4, 0.5) is 0 Å². The third kappa shape index (κ3) is 7.11. The van der Waals surface area contributed by atoms with Gasteiger partial charge in [-0.25, -0.2) is 18.6 Å². The molecule has 3 rings (SSSR count). The van der Waals surface area contributed by atoms with Crippen LogP contribution in [-0.4, -0.2) is 26.4 Å². The molecular weight excluding hydrogens is 512 g/mol. The average Bonchev–Trinajstić information content (AvgIpc) is 3.26. The number of hydrazone groups is 1. The fraction of sp³-hybridized carbons (Fsp3) is 0.136. The molecule has 1 heterocycles. The summed E-state index contributed by atoms with van der Waals surface area (Å²) < 4.78 is 33.3. The highest BCUT2D eigenvalue weighted by molar-refractivity contribution is 9.10. The molecule has 1 aromatic heterocycles. The molecule has 0 bridgehead atoms. The Hall–Kier alpha value is -3.28. The van der Waals surface area contributed by atoms with Crippen LogP contribution in [0.15, 0.2) is 85.6 Å². The predicted molar refractivity (Wildman–Crippen MR) is 126 cm³/mol. The maximum absolute atomic E-state index is 12.3. The van der Waals surface area contributed by atoms with Crippen LogP contribution in [0.25, 0.3) is 0 Å². The Morgan fingerprint density at radius 1 is 1.03 bits per heavy atom. The Kier molecular flexibility index (Phi) is 8.15. The van der Waals surface area contributed by atoms with Crippen molar-refractivity contribution in [3.63, 3.8) is 0 Å². The Balaban J connectivity index is 1.48. The number of halogens is 1. The van der Waals surface area contributed by atoms with Crippen molar-refractivity contribution in [3.05, 3.63) is 88.3 Å². The van der Waals surface area contributed by atoms with Crippen molar-refractivity contribution in [2.45, 2.75) is 24.4 Å². The smallest absolute Gasteiger partial charge is 0.329 e. The van der Waals surface area contributed by atoms with Gasteiger partial charge >= 0.3 is 11.8 Å². The second-order valence-corrected chi connectivity index (χ2v) is 9.57. The van der Waals surface area contributed by atoms with E-state index in [2.05, 4.69) is 36.5 Å². The van der Waals surface area contributed by atoms with Crippen molar-refractivity contribution in [3.8, 4) is 0 Å². The molecule has 0 fully saturated rings. The average molecular weight is 533 g/mol. The number of sulfonamides is 1. The van der Waals surface area contributed by atoms with Crippen LogP contribution in [0.5, 0.6) is 0 Å². The number of nitrogens with one attached hydrogen (secondary N) is 3. The summed E-state index contributed by atoms with van der Waals surface area (Å²) in [7, 11) is -3.70. The number of amides is 2. The molecule has 0 saturated heterocycles. The maximum atomic E-state index is 12.3. The quantitative estimate of drug-likeness (QED) is 0.233. The molecule has 11 heteroatoms. The monoisotopic (exact) mass is 532 g/mol. The topological polar surface area (TPSA) is 130 Å². The van der Waals surface area contributed by atoms with E-state index in [-0.39, 0.29) is 23.2 Å². The van der Waals surface area contributed by atoms with E-state index in [0.717, 1.165) is 10.0 Å². The summed E-state index contributed by atoms with van der Waals surface area (Å²) in [5.41, 5.74) is 2.98. The zero-order valence-corrected chi connectivity index (χ0v) is 19.9. The third-order valence-corrected chi connectivity index (χ3v) is 6.40. The molecule has 172 valence electrons. The van der Waals surface area contributed by atoms with Crippen LogP contribution in [0.1, 0.15) is 30.0 Å². The summed E-state index contributed by atoms with van der Waals surface area (Å²) in [6, 6.07) is 18.2. The van der Waals surface area contributed by atoms with Gasteiger partial charge in [-0.1, -0.05) is 46.3 Å². The first-order valence-corrected chi connectivity index (χ1v) is 12.0. The van der Waals surface area contributed by atoms with Crippen LogP contribution in [0.2, 0.25) is 0 Å². The lowest BCUT2D eigenvalue weighted by Gasteiger charge is -2.13.